The maximum absolute atomic E-state index is 14.8. The van der Waals surface area contributed by atoms with E-state index >= 15 is 0 Å². The van der Waals surface area contributed by atoms with E-state index in [1.165, 1.54) is 0 Å². The molecule has 1 fully saturated rings. The maximum Gasteiger partial charge on any atom is 0.432 e. The molecule has 3 aromatic rings. The number of halogens is 8. The summed E-state index contributed by atoms with van der Waals surface area (Å²) in [6.07, 6.45) is -0.645. The molecule has 0 radical (unpaired) electrons. The molecule has 4 rings (SSSR count). The molecular weight excluding hydrogens is 520 g/mol. The molecule has 0 heterocycles. The zero-order valence-corrected chi connectivity index (χ0v) is 20.3. The zero-order chi connectivity index (χ0) is 27.6. The van der Waals surface area contributed by atoms with Crippen molar-refractivity contribution in [2.24, 2.45) is 5.92 Å². The van der Waals surface area contributed by atoms with Gasteiger partial charge in [0, 0.05) is 25.3 Å². The molecule has 0 spiro atoms. The molecule has 2 nitrogen and oxygen atoms in total. The molecule has 0 bridgehead atoms. The fourth-order valence-corrected chi connectivity index (χ4v) is 4.88. The molecule has 0 N–H and O–H groups in total. The molecule has 0 aliphatic heterocycles. The van der Waals surface area contributed by atoms with Crippen LogP contribution in [0.5, 0.6) is 5.75 Å². The first kappa shape index (κ1) is 27.9. The molecule has 38 heavy (non-hydrogen) atoms. The molecular formula is C28H24F8O2. The highest BCUT2D eigenvalue weighted by atomic mass is 19.3. The lowest BCUT2D eigenvalue weighted by Crippen LogP contribution is -2.26. The van der Waals surface area contributed by atoms with Crippen LogP contribution in [0.15, 0.2) is 42.5 Å². The smallest absolute Gasteiger partial charge is 0.429 e. The van der Waals surface area contributed by atoms with Gasteiger partial charge in [0.15, 0.2) is 17.5 Å². The highest BCUT2D eigenvalue weighted by Crippen LogP contribution is 2.41. The molecule has 0 saturated heterocycles. The molecule has 0 unspecified atom stereocenters. The van der Waals surface area contributed by atoms with Crippen LogP contribution in [0.4, 0.5) is 35.1 Å². The number of ether oxygens (including phenoxy) is 2. The average Bonchev–Trinajstić information content (AvgIpc) is 2.85. The van der Waals surface area contributed by atoms with Gasteiger partial charge in [0.05, 0.1) is 0 Å². The number of methoxy groups -OCH3 is 1. The van der Waals surface area contributed by atoms with E-state index in [0.717, 1.165) is 43.5 Å². The van der Waals surface area contributed by atoms with E-state index in [1.807, 2.05) is 0 Å². The number of rotatable bonds is 8. The Bertz CT molecular complexity index is 1260. The van der Waals surface area contributed by atoms with E-state index in [2.05, 4.69) is 4.74 Å². The number of hydrogen-bond donors (Lipinski definition) is 0. The van der Waals surface area contributed by atoms with Crippen LogP contribution in [0.3, 0.4) is 0 Å². The Balaban J connectivity index is 1.52. The van der Waals surface area contributed by atoms with Gasteiger partial charge in [-0.05, 0) is 91.5 Å². The van der Waals surface area contributed by atoms with Crippen LogP contribution in [-0.2, 0) is 10.8 Å². The summed E-state index contributed by atoms with van der Waals surface area (Å²) in [4.78, 5) is 0. The lowest BCUT2D eigenvalue weighted by atomic mass is 9.77. The fraction of sp³-hybridized carbons (Fsp3) is 0.357. The van der Waals surface area contributed by atoms with Crippen molar-refractivity contribution in [3.63, 3.8) is 0 Å². The summed E-state index contributed by atoms with van der Waals surface area (Å²) in [6.45, 7) is 0.623. The Hall–Kier alpha value is -3.14. The molecule has 10 heteroatoms. The topological polar surface area (TPSA) is 18.5 Å². The number of benzene rings is 3. The van der Waals surface area contributed by atoms with Crippen LogP contribution in [0.25, 0.3) is 11.1 Å². The second-order valence-corrected chi connectivity index (χ2v) is 9.37. The third-order valence-corrected chi connectivity index (χ3v) is 6.89. The summed E-state index contributed by atoms with van der Waals surface area (Å²) in [6, 6.07) is 4.97. The summed E-state index contributed by atoms with van der Waals surface area (Å²) in [7, 11) is 1.61. The van der Waals surface area contributed by atoms with E-state index in [4.69, 9.17) is 4.74 Å². The van der Waals surface area contributed by atoms with Crippen LogP contribution in [0, 0.1) is 40.8 Å². The minimum Gasteiger partial charge on any atom is -0.429 e. The maximum atomic E-state index is 14.8. The quantitative estimate of drug-likeness (QED) is 0.209. The van der Waals surface area contributed by atoms with Gasteiger partial charge < -0.3 is 9.47 Å². The van der Waals surface area contributed by atoms with E-state index < -0.39 is 63.5 Å². The van der Waals surface area contributed by atoms with Crippen LogP contribution in [0.2, 0.25) is 0 Å². The van der Waals surface area contributed by atoms with Crippen LogP contribution < -0.4 is 4.74 Å². The van der Waals surface area contributed by atoms with Crippen molar-refractivity contribution in [1.82, 2.24) is 0 Å². The van der Waals surface area contributed by atoms with Gasteiger partial charge in [-0.25, -0.2) is 26.3 Å². The molecule has 1 aliphatic rings. The summed E-state index contributed by atoms with van der Waals surface area (Å²) >= 11 is 0. The van der Waals surface area contributed by atoms with Crippen LogP contribution in [0.1, 0.15) is 49.1 Å². The van der Waals surface area contributed by atoms with E-state index in [-0.39, 0.29) is 11.5 Å². The number of hydrogen-bond acceptors (Lipinski definition) is 2. The molecule has 0 atom stereocenters. The normalized spacial score (nSPS) is 18.0. The monoisotopic (exact) mass is 544 g/mol. The Morgan fingerprint density at radius 3 is 1.92 bits per heavy atom. The van der Waals surface area contributed by atoms with Crippen molar-refractivity contribution in [2.75, 3.05) is 13.7 Å². The molecule has 1 saturated carbocycles. The van der Waals surface area contributed by atoms with Crippen molar-refractivity contribution >= 4 is 0 Å². The van der Waals surface area contributed by atoms with E-state index in [0.29, 0.717) is 43.6 Å². The van der Waals surface area contributed by atoms with Gasteiger partial charge >= 0.3 is 6.11 Å². The highest BCUT2D eigenvalue weighted by molar-refractivity contribution is 5.65. The van der Waals surface area contributed by atoms with Gasteiger partial charge in [0.1, 0.15) is 28.8 Å². The predicted molar refractivity (Wildman–Crippen MR) is 124 cm³/mol. The first-order valence-electron chi connectivity index (χ1n) is 12.0. The first-order valence-corrected chi connectivity index (χ1v) is 12.0. The summed E-state index contributed by atoms with van der Waals surface area (Å²) in [5.41, 5.74) is -2.17. The van der Waals surface area contributed by atoms with Gasteiger partial charge in [0.25, 0.3) is 0 Å². The Morgan fingerprint density at radius 1 is 0.763 bits per heavy atom. The van der Waals surface area contributed by atoms with Crippen LogP contribution in [-0.4, -0.2) is 13.7 Å². The Labute approximate surface area is 214 Å². The summed E-state index contributed by atoms with van der Waals surface area (Å²) in [5, 5.41) is 0. The van der Waals surface area contributed by atoms with Gasteiger partial charge in [0.2, 0.25) is 0 Å². The summed E-state index contributed by atoms with van der Waals surface area (Å²) < 4.78 is 124. The Morgan fingerprint density at radius 2 is 1.37 bits per heavy atom. The molecule has 204 valence electrons. The molecule has 3 aromatic carbocycles. The van der Waals surface area contributed by atoms with Crippen molar-refractivity contribution in [2.45, 2.75) is 44.1 Å². The molecule has 1 aliphatic carbocycles. The lowest BCUT2D eigenvalue weighted by molar-refractivity contribution is -0.189. The SMILES string of the molecule is COCCC1CCC(c2cc(F)c(C(F)(F)Oc3ccc(-c4cc(F)c(F)c(F)c4)c(F)c3)c(F)c2)CC1. The lowest BCUT2D eigenvalue weighted by Gasteiger charge is -2.29. The van der Waals surface area contributed by atoms with Gasteiger partial charge in [-0.2, -0.15) is 8.78 Å². The Kier molecular flexibility index (Phi) is 8.30. The highest BCUT2D eigenvalue weighted by Gasteiger charge is 2.41. The third kappa shape index (κ3) is 5.95. The molecule has 0 aromatic heterocycles. The number of alkyl halides is 2. The molecule has 0 amide bonds. The van der Waals surface area contributed by atoms with Gasteiger partial charge in [-0.3, -0.25) is 0 Å². The standard InChI is InChI=1S/C28H24F8O2/c1-37-9-8-15-2-4-16(5-3-15)17-10-22(30)26(23(31)11-17)28(35,36)38-19-6-7-20(21(29)14-19)18-12-24(32)27(34)25(33)13-18/h6-7,10-16H,2-5,8-9H2,1H3. The predicted octanol–water partition coefficient (Wildman–Crippen LogP) is 8.63. The van der Waals surface area contributed by atoms with Crippen molar-refractivity contribution in [3.05, 3.63) is 88.5 Å². The zero-order valence-electron chi connectivity index (χ0n) is 20.3. The van der Waals surface area contributed by atoms with Crippen LogP contribution >= 0.6 is 0 Å². The summed E-state index contributed by atoms with van der Waals surface area (Å²) in [5.74, 6) is -9.66. The van der Waals surface area contributed by atoms with Gasteiger partial charge in [-0.15, -0.1) is 0 Å². The van der Waals surface area contributed by atoms with Crippen molar-refractivity contribution < 1.29 is 44.6 Å². The third-order valence-electron chi connectivity index (χ3n) is 6.89. The largest absolute Gasteiger partial charge is 0.432 e. The van der Waals surface area contributed by atoms with Gasteiger partial charge in [-0.1, -0.05) is 0 Å². The van der Waals surface area contributed by atoms with Crippen molar-refractivity contribution in [3.8, 4) is 16.9 Å². The minimum absolute atomic E-state index is 0.177. The van der Waals surface area contributed by atoms with Crippen molar-refractivity contribution in [1.29, 1.82) is 0 Å². The second-order valence-electron chi connectivity index (χ2n) is 9.37. The first-order chi connectivity index (χ1) is 18.0. The fourth-order valence-electron chi connectivity index (χ4n) is 4.88. The van der Waals surface area contributed by atoms with E-state index in [9.17, 15) is 35.1 Å². The average molecular weight is 544 g/mol. The second kappa shape index (κ2) is 11.3. The van der Waals surface area contributed by atoms with E-state index in [1.54, 1.807) is 7.11 Å². The minimum atomic E-state index is -4.51.